The van der Waals surface area contributed by atoms with Crippen LogP contribution < -0.4 is 5.32 Å². The number of imidazole rings is 1. The van der Waals surface area contributed by atoms with Gasteiger partial charge in [0.1, 0.15) is 23.7 Å². The smallest absolute Gasteiger partial charge is 0.325 e. The van der Waals surface area contributed by atoms with Crippen molar-refractivity contribution < 1.29 is 18.8 Å². The van der Waals surface area contributed by atoms with Gasteiger partial charge in [0.05, 0.1) is 17.1 Å². The number of likely N-dealkylation sites (tertiary alicyclic amines) is 1. The van der Waals surface area contributed by atoms with Gasteiger partial charge in [-0.15, -0.1) is 0 Å². The number of aryl methyl sites for hydroxylation is 1. The van der Waals surface area contributed by atoms with Crippen molar-refractivity contribution in [2.45, 2.75) is 43.7 Å². The van der Waals surface area contributed by atoms with E-state index in [2.05, 4.69) is 15.3 Å². The number of imide groups is 1. The highest BCUT2D eigenvalue weighted by Crippen LogP contribution is 2.40. The fourth-order valence-corrected chi connectivity index (χ4v) is 5.69. The van der Waals surface area contributed by atoms with E-state index >= 15 is 0 Å². The van der Waals surface area contributed by atoms with E-state index in [1.54, 1.807) is 11.0 Å². The number of aromatic amines is 1. The third-order valence-electron chi connectivity index (χ3n) is 7.30. The maximum Gasteiger partial charge on any atom is 0.325 e. The summed E-state index contributed by atoms with van der Waals surface area (Å²) < 4.78 is 13.6. The summed E-state index contributed by atoms with van der Waals surface area (Å²) in [5.74, 6) is -0.452. The minimum atomic E-state index is -1.10. The van der Waals surface area contributed by atoms with Crippen LogP contribution in [0.25, 0.3) is 11.0 Å². The topological polar surface area (TPSA) is 98.4 Å². The van der Waals surface area contributed by atoms with Crippen molar-refractivity contribution in [2.24, 2.45) is 0 Å². The van der Waals surface area contributed by atoms with E-state index in [4.69, 9.17) is 0 Å². The third-order valence-corrected chi connectivity index (χ3v) is 7.30. The number of rotatable bonds is 3. The predicted octanol–water partition coefficient (Wildman–Crippen LogP) is 3.15. The van der Waals surface area contributed by atoms with Crippen LogP contribution in [0.4, 0.5) is 9.18 Å². The number of hydrogen-bond acceptors (Lipinski definition) is 4. The van der Waals surface area contributed by atoms with E-state index in [1.807, 2.05) is 24.3 Å². The minimum Gasteiger partial charge on any atom is -0.340 e. The predicted molar refractivity (Wildman–Crippen MR) is 121 cm³/mol. The van der Waals surface area contributed by atoms with Gasteiger partial charge in [-0.1, -0.05) is 24.3 Å². The summed E-state index contributed by atoms with van der Waals surface area (Å²) in [6.45, 7) is 0.187. The Hall–Kier alpha value is -3.75. The first kappa shape index (κ1) is 20.8. The van der Waals surface area contributed by atoms with Gasteiger partial charge in [0.2, 0.25) is 5.91 Å². The quantitative estimate of drug-likeness (QED) is 0.586. The first-order valence-electron chi connectivity index (χ1n) is 11.6. The van der Waals surface area contributed by atoms with E-state index in [-0.39, 0.29) is 30.2 Å². The van der Waals surface area contributed by atoms with Crippen LogP contribution in [0.1, 0.15) is 48.7 Å². The summed E-state index contributed by atoms with van der Waals surface area (Å²) in [4.78, 5) is 50.1. The number of carbonyl (C=O) groups is 3. The van der Waals surface area contributed by atoms with E-state index < -0.39 is 11.6 Å². The molecule has 8 nitrogen and oxygen atoms in total. The standard InChI is InChI=1S/C25H24FN5O3/c26-16-9-10-18-19(13-16)28-22(27-18)20-8-4-12-30(20)21(32)14-31-23(33)25(29-24(31)34)11-3-6-15-5-1-2-7-17(15)25/h1-2,5,7,9-10,13,20H,3-4,6,8,11-12,14H2,(H,27,28)(H,29,34). The molecule has 9 heteroatoms. The van der Waals surface area contributed by atoms with Gasteiger partial charge in [0, 0.05) is 6.54 Å². The highest BCUT2D eigenvalue weighted by Gasteiger charge is 2.54. The Morgan fingerprint density at radius 2 is 2.03 bits per heavy atom. The fourth-order valence-electron chi connectivity index (χ4n) is 5.69. The van der Waals surface area contributed by atoms with Gasteiger partial charge < -0.3 is 15.2 Å². The molecule has 2 aliphatic heterocycles. The van der Waals surface area contributed by atoms with Gasteiger partial charge in [-0.05, 0) is 61.4 Å². The van der Waals surface area contributed by atoms with Gasteiger partial charge in [0.25, 0.3) is 5.91 Å². The Labute approximate surface area is 195 Å². The highest BCUT2D eigenvalue weighted by atomic mass is 19.1. The highest BCUT2D eigenvalue weighted by molar-refractivity contribution is 6.09. The molecule has 2 N–H and O–H groups in total. The number of carbonyl (C=O) groups excluding carboxylic acids is 3. The van der Waals surface area contributed by atoms with Crippen molar-refractivity contribution in [2.75, 3.05) is 13.1 Å². The van der Waals surface area contributed by atoms with Crippen LogP contribution in [0, 0.1) is 5.82 Å². The molecular formula is C25H24FN5O3. The molecule has 4 amide bonds. The van der Waals surface area contributed by atoms with Crippen molar-refractivity contribution in [1.82, 2.24) is 25.1 Å². The molecule has 3 aliphatic rings. The molecule has 2 atom stereocenters. The summed E-state index contributed by atoms with van der Waals surface area (Å²) in [6, 6.07) is 11.1. The zero-order chi connectivity index (χ0) is 23.4. The molecule has 1 aliphatic carbocycles. The first-order valence-corrected chi connectivity index (χ1v) is 11.6. The number of aromatic nitrogens is 2. The monoisotopic (exact) mass is 461 g/mol. The summed E-state index contributed by atoms with van der Waals surface area (Å²) >= 11 is 0. The molecule has 2 fully saturated rings. The van der Waals surface area contributed by atoms with Crippen LogP contribution in [0.3, 0.4) is 0 Å². The van der Waals surface area contributed by atoms with Gasteiger partial charge in [0.15, 0.2) is 0 Å². The molecule has 3 aromatic rings. The van der Waals surface area contributed by atoms with Crippen LogP contribution >= 0.6 is 0 Å². The molecule has 2 saturated heterocycles. The van der Waals surface area contributed by atoms with Crippen LogP contribution in [-0.2, 0) is 21.5 Å². The summed E-state index contributed by atoms with van der Waals surface area (Å²) in [5.41, 5.74) is 1.98. The van der Waals surface area contributed by atoms with Gasteiger partial charge in [-0.3, -0.25) is 14.5 Å². The number of amides is 4. The van der Waals surface area contributed by atoms with Crippen molar-refractivity contribution in [3.63, 3.8) is 0 Å². The molecule has 174 valence electrons. The summed E-state index contributed by atoms with van der Waals surface area (Å²) in [7, 11) is 0. The Balaban J connectivity index is 1.24. The molecule has 6 rings (SSSR count). The fraction of sp³-hybridized carbons (Fsp3) is 0.360. The summed E-state index contributed by atoms with van der Waals surface area (Å²) in [5, 5.41) is 2.90. The van der Waals surface area contributed by atoms with Crippen molar-refractivity contribution in [3.05, 3.63) is 65.2 Å². The van der Waals surface area contributed by atoms with Crippen LogP contribution in [0.2, 0.25) is 0 Å². The second-order valence-corrected chi connectivity index (χ2v) is 9.27. The maximum absolute atomic E-state index is 13.6. The van der Waals surface area contributed by atoms with Gasteiger partial charge >= 0.3 is 6.03 Å². The molecule has 34 heavy (non-hydrogen) atoms. The average Bonchev–Trinajstić information content (AvgIpc) is 3.53. The molecule has 2 unspecified atom stereocenters. The second-order valence-electron chi connectivity index (χ2n) is 9.27. The maximum atomic E-state index is 13.6. The van der Waals surface area contributed by atoms with Crippen LogP contribution in [-0.4, -0.2) is 50.7 Å². The number of nitrogens with one attached hydrogen (secondary N) is 2. The lowest BCUT2D eigenvalue weighted by Crippen LogP contribution is -2.47. The van der Waals surface area contributed by atoms with E-state index in [0.29, 0.717) is 36.2 Å². The molecule has 0 radical (unpaired) electrons. The minimum absolute atomic E-state index is 0.307. The number of fused-ring (bicyclic) bond motifs is 3. The number of halogens is 1. The Kier molecular flexibility index (Phi) is 4.68. The second kappa shape index (κ2) is 7.65. The molecule has 1 spiro atoms. The van der Waals surface area contributed by atoms with Crippen LogP contribution in [0.5, 0.6) is 0 Å². The zero-order valence-corrected chi connectivity index (χ0v) is 18.5. The van der Waals surface area contributed by atoms with Crippen molar-refractivity contribution in [3.8, 4) is 0 Å². The Morgan fingerprint density at radius 3 is 2.91 bits per heavy atom. The Bertz CT molecular complexity index is 1340. The van der Waals surface area contributed by atoms with Crippen LogP contribution in [0.15, 0.2) is 42.5 Å². The zero-order valence-electron chi connectivity index (χ0n) is 18.5. The normalized spacial score (nSPS) is 24.2. The van der Waals surface area contributed by atoms with Crippen molar-refractivity contribution >= 4 is 28.9 Å². The van der Waals surface area contributed by atoms with E-state index in [0.717, 1.165) is 35.3 Å². The lowest BCUT2D eigenvalue weighted by molar-refractivity contribution is -0.140. The van der Waals surface area contributed by atoms with Gasteiger partial charge in [-0.25, -0.2) is 14.2 Å². The molecule has 1 aromatic heterocycles. The number of H-pyrrole nitrogens is 1. The molecule has 0 saturated carbocycles. The number of hydrogen-bond donors (Lipinski definition) is 2. The third kappa shape index (κ3) is 3.10. The van der Waals surface area contributed by atoms with E-state index in [9.17, 15) is 18.8 Å². The van der Waals surface area contributed by atoms with E-state index in [1.165, 1.54) is 12.1 Å². The molecule has 2 aromatic carbocycles. The van der Waals surface area contributed by atoms with Crippen molar-refractivity contribution in [1.29, 1.82) is 0 Å². The molecular weight excluding hydrogens is 437 g/mol. The lowest BCUT2D eigenvalue weighted by Gasteiger charge is -2.33. The number of urea groups is 1. The molecule has 0 bridgehead atoms. The summed E-state index contributed by atoms with van der Waals surface area (Å²) in [6.07, 6.45) is 3.63. The number of benzene rings is 2. The lowest BCUT2D eigenvalue weighted by atomic mass is 9.76. The largest absolute Gasteiger partial charge is 0.340 e. The van der Waals surface area contributed by atoms with Gasteiger partial charge in [-0.2, -0.15) is 0 Å². The molecule has 3 heterocycles. The first-order chi connectivity index (χ1) is 16.5. The Morgan fingerprint density at radius 1 is 1.18 bits per heavy atom. The number of nitrogens with zero attached hydrogens (tertiary/aromatic N) is 3. The SMILES string of the molecule is O=C1NC2(CCCc3ccccc32)C(=O)N1CC(=O)N1CCCC1c1nc2ccc(F)cc2[nH]1. The average molecular weight is 461 g/mol.